The molecule has 1 amide bonds. The van der Waals surface area contributed by atoms with Gasteiger partial charge >= 0.3 is 6.18 Å². The molecule has 1 aromatic carbocycles. The number of aliphatic hydroxyl groups is 1. The van der Waals surface area contributed by atoms with Crippen LogP contribution in [-0.2, 0) is 21.7 Å². The zero-order valence-electron chi connectivity index (χ0n) is 19.2. The van der Waals surface area contributed by atoms with E-state index in [1.54, 1.807) is 0 Å². The number of alkyl halides is 3. The van der Waals surface area contributed by atoms with Gasteiger partial charge in [0.05, 0.1) is 17.5 Å². The molecule has 190 valence electrons. The van der Waals surface area contributed by atoms with E-state index in [4.69, 9.17) is 17.3 Å². The van der Waals surface area contributed by atoms with Crippen LogP contribution in [0.1, 0.15) is 48.8 Å². The quantitative estimate of drug-likeness (QED) is 0.399. The Balaban J connectivity index is 2.02. The number of fused-ring (bicyclic) bond motifs is 1. The van der Waals surface area contributed by atoms with Crippen molar-refractivity contribution in [2.75, 3.05) is 5.75 Å². The van der Waals surface area contributed by atoms with Crippen LogP contribution in [0.5, 0.6) is 0 Å². The van der Waals surface area contributed by atoms with Gasteiger partial charge in [-0.2, -0.15) is 13.2 Å². The van der Waals surface area contributed by atoms with Gasteiger partial charge < -0.3 is 15.8 Å². The van der Waals surface area contributed by atoms with Gasteiger partial charge in [0.15, 0.2) is 20.5 Å². The highest BCUT2D eigenvalue weighted by molar-refractivity contribution is 7.91. The fraction of sp³-hybridized carbons (Fsp3) is 0.391. The largest absolute Gasteiger partial charge is 0.417 e. The predicted molar refractivity (Wildman–Crippen MR) is 126 cm³/mol. The summed E-state index contributed by atoms with van der Waals surface area (Å²) in [6.07, 6.45) is -5.45. The molecule has 0 radical (unpaired) electrons. The first-order chi connectivity index (χ1) is 16.0. The maximum Gasteiger partial charge on any atom is 0.417 e. The Morgan fingerprint density at radius 1 is 1.20 bits per heavy atom. The van der Waals surface area contributed by atoms with Crippen LogP contribution in [0.2, 0.25) is 5.02 Å². The molecule has 3 rings (SSSR count). The number of pyridine rings is 1. The van der Waals surface area contributed by atoms with E-state index in [0.29, 0.717) is 10.9 Å². The standard InChI is InChI=1S/C23H25ClF3N3O4S/c1-4-35(33,34)19-8-13-7-15(30-18(13)11-29-19)10-22(32,23(25,26)27)12-21(2,3)17-6-5-14(24)9-16(17)20(28)31/h5-9,11,30,32H,4,10,12H2,1-3H3,(H2,28,31). The molecule has 0 fully saturated rings. The van der Waals surface area contributed by atoms with Crippen LogP contribution >= 0.6 is 11.6 Å². The smallest absolute Gasteiger partial charge is 0.380 e. The van der Waals surface area contributed by atoms with Crippen LogP contribution in [0.25, 0.3) is 10.9 Å². The van der Waals surface area contributed by atoms with Crippen molar-refractivity contribution in [3.63, 3.8) is 0 Å². The molecule has 0 saturated carbocycles. The summed E-state index contributed by atoms with van der Waals surface area (Å²) in [5.41, 5.74) is 1.42. The second-order valence-electron chi connectivity index (χ2n) is 9.13. The topological polar surface area (TPSA) is 126 Å². The molecule has 0 bridgehead atoms. The van der Waals surface area contributed by atoms with E-state index in [2.05, 4.69) is 9.97 Å². The van der Waals surface area contributed by atoms with Crippen LogP contribution < -0.4 is 5.73 Å². The number of sulfone groups is 1. The number of aromatic nitrogens is 2. The van der Waals surface area contributed by atoms with E-state index < -0.39 is 45.8 Å². The lowest BCUT2D eigenvalue weighted by atomic mass is 9.72. The summed E-state index contributed by atoms with van der Waals surface area (Å²) in [5.74, 6) is -1.03. The molecule has 3 aromatic rings. The predicted octanol–water partition coefficient (Wildman–Crippen LogP) is 4.31. The first kappa shape index (κ1) is 27.0. The van der Waals surface area contributed by atoms with Gasteiger partial charge in [-0.05, 0) is 41.7 Å². The Kier molecular flexibility index (Phi) is 7.02. The lowest BCUT2D eigenvalue weighted by molar-refractivity contribution is -0.266. The van der Waals surface area contributed by atoms with Crippen molar-refractivity contribution in [2.24, 2.45) is 5.73 Å². The Labute approximate surface area is 205 Å². The van der Waals surface area contributed by atoms with Crippen molar-refractivity contribution in [3.05, 3.63) is 58.4 Å². The zero-order valence-corrected chi connectivity index (χ0v) is 20.8. The molecule has 0 aliphatic rings. The fourth-order valence-electron chi connectivity index (χ4n) is 4.20. The minimum Gasteiger partial charge on any atom is -0.380 e. The maximum absolute atomic E-state index is 14.2. The number of hydrogen-bond acceptors (Lipinski definition) is 5. The number of hydrogen-bond donors (Lipinski definition) is 3. The van der Waals surface area contributed by atoms with E-state index in [1.165, 1.54) is 57.3 Å². The molecule has 35 heavy (non-hydrogen) atoms. The zero-order chi connectivity index (χ0) is 26.4. The van der Waals surface area contributed by atoms with E-state index in [0.717, 1.165) is 0 Å². The molecule has 0 saturated heterocycles. The SMILES string of the molecule is CCS(=O)(=O)c1cc2cc(CC(O)(CC(C)(C)c3ccc(Cl)cc3C(N)=O)C(F)(F)F)[nH]c2cn1. The third-order valence-electron chi connectivity index (χ3n) is 5.96. The van der Waals surface area contributed by atoms with Gasteiger partial charge in [0.2, 0.25) is 5.91 Å². The Hall–Kier alpha value is -2.63. The summed E-state index contributed by atoms with van der Waals surface area (Å²) in [6.45, 7) is 4.39. The number of nitrogens with zero attached hydrogens (tertiary/aromatic N) is 1. The van der Waals surface area contributed by atoms with Gasteiger partial charge in [-0.15, -0.1) is 0 Å². The summed E-state index contributed by atoms with van der Waals surface area (Å²) in [4.78, 5) is 18.6. The van der Waals surface area contributed by atoms with Crippen molar-refractivity contribution in [3.8, 4) is 0 Å². The fourth-order valence-corrected chi connectivity index (χ4v) is 5.19. The summed E-state index contributed by atoms with van der Waals surface area (Å²) in [5, 5.41) is 11.3. The minimum absolute atomic E-state index is 0.0339. The second kappa shape index (κ2) is 9.11. The van der Waals surface area contributed by atoms with E-state index in [-0.39, 0.29) is 32.6 Å². The highest BCUT2D eigenvalue weighted by atomic mass is 35.5. The molecule has 0 aliphatic carbocycles. The van der Waals surface area contributed by atoms with E-state index in [1.807, 2.05) is 0 Å². The first-order valence-corrected chi connectivity index (χ1v) is 12.6. The van der Waals surface area contributed by atoms with Gasteiger partial charge in [-0.25, -0.2) is 13.4 Å². The van der Waals surface area contributed by atoms with Crippen molar-refractivity contribution >= 4 is 38.2 Å². The molecule has 12 heteroatoms. The molecular weight excluding hydrogens is 507 g/mol. The Morgan fingerprint density at radius 3 is 2.43 bits per heavy atom. The highest BCUT2D eigenvalue weighted by Gasteiger charge is 2.56. The van der Waals surface area contributed by atoms with Gasteiger partial charge in [0.25, 0.3) is 0 Å². The second-order valence-corrected chi connectivity index (χ2v) is 11.8. The third-order valence-corrected chi connectivity index (χ3v) is 7.81. The highest BCUT2D eigenvalue weighted by Crippen LogP contribution is 2.44. The molecule has 1 atom stereocenters. The first-order valence-electron chi connectivity index (χ1n) is 10.6. The number of carbonyl (C=O) groups excluding carboxylic acids is 1. The molecule has 2 aromatic heterocycles. The Bertz CT molecular complexity index is 1390. The number of amides is 1. The summed E-state index contributed by atoms with van der Waals surface area (Å²) in [6, 6.07) is 6.76. The molecule has 1 unspecified atom stereocenters. The maximum atomic E-state index is 14.2. The average molecular weight is 532 g/mol. The summed E-state index contributed by atoms with van der Waals surface area (Å²) in [7, 11) is -3.61. The van der Waals surface area contributed by atoms with Crippen LogP contribution in [0, 0.1) is 0 Å². The van der Waals surface area contributed by atoms with Crippen LogP contribution in [-0.4, -0.2) is 46.9 Å². The molecule has 2 heterocycles. The number of nitrogens with one attached hydrogen (secondary N) is 1. The molecule has 4 N–H and O–H groups in total. The number of H-pyrrole nitrogens is 1. The molecule has 7 nitrogen and oxygen atoms in total. The number of nitrogens with two attached hydrogens (primary N) is 1. The van der Waals surface area contributed by atoms with E-state index >= 15 is 0 Å². The summed E-state index contributed by atoms with van der Waals surface area (Å²) >= 11 is 5.93. The monoisotopic (exact) mass is 531 g/mol. The van der Waals surface area contributed by atoms with E-state index in [9.17, 15) is 31.5 Å². The van der Waals surface area contributed by atoms with Crippen molar-refractivity contribution in [2.45, 2.75) is 55.8 Å². The van der Waals surface area contributed by atoms with Crippen molar-refractivity contribution in [1.82, 2.24) is 9.97 Å². The van der Waals surface area contributed by atoms with Gasteiger partial charge in [-0.1, -0.05) is 38.4 Å². The lowest BCUT2D eigenvalue weighted by Gasteiger charge is -2.38. The normalized spacial score (nSPS) is 14.7. The lowest BCUT2D eigenvalue weighted by Crippen LogP contribution is -2.51. The average Bonchev–Trinajstić information content (AvgIpc) is 3.13. The minimum atomic E-state index is -5.03. The van der Waals surface area contributed by atoms with Gasteiger partial charge in [0, 0.05) is 28.1 Å². The molecular formula is C23H25ClF3N3O4S. The Morgan fingerprint density at radius 2 is 1.86 bits per heavy atom. The van der Waals surface area contributed by atoms with Gasteiger partial charge in [-0.3, -0.25) is 4.79 Å². The van der Waals surface area contributed by atoms with Gasteiger partial charge in [0.1, 0.15) is 0 Å². The number of halogens is 4. The molecule has 0 spiro atoms. The van der Waals surface area contributed by atoms with Crippen molar-refractivity contribution in [1.29, 1.82) is 0 Å². The third kappa shape index (κ3) is 5.46. The number of primary amides is 1. The van der Waals surface area contributed by atoms with Crippen LogP contribution in [0.4, 0.5) is 13.2 Å². The van der Waals surface area contributed by atoms with Crippen LogP contribution in [0.3, 0.4) is 0 Å². The number of rotatable bonds is 8. The number of benzene rings is 1. The number of aromatic amines is 1. The van der Waals surface area contributed by atoms with Crippen molar-refractivity contribution < 1.29 is 31.5 Å². The molecule has 0 aliphatic heterocycles. The number of carbonyl (C=O) groups is 1. The summed E-state index contributed by atoms with van der Waals surface area (Å²) < 4.78 is 66.8. The van der Waals surface area contributed by atoms with Crippen LogP contribution in [0.15, 0.2) is 41.6 Å².